The highest BCUT2D eigenvalue weighted by Gasteiger charge is 2.38. The Labute approximate surface area is 211 Å². The molecule has 0 N–H and O–H groups in total. The first-order valence-electron chi connectivity index (χ1n) is 11.4. The van der Waals surface area contributed by atoms with E-state index in [-0.39, 0.29) is 35.9 Å². The van der Waals surface area contributed by atoms with Gasteiger partial charge in [0.15, 0.2) is 11.3 Å². The van der Waals surface area contributed by atoms with E-state index in [9.17, 15) is 20.6 Å². The Hall–Kier alpha value is -4.80. The highest BCUT2D eigenvalue weighted by Crippen LogP contribution is 2.40. The van der Waals surface area contributed by atoms with Gasteiger partial charge < -0.3 is 14.4 Å². The maximum atomic E-state index is 12.1. The van der Waals surface area contributed by atoms with Gasteiger partial charge in [0, 0.05) is 24.9 Å². The van der Waals surface area contributed by atoms with Gasteiger partial charge in [0.25, 0.3) is 0 Å². The highest BCUT2D eigenvalue weighted by atomic mass is 16.5. The molecule has 0 bridgehead atoms. The van der Waals surface area contributed by atoms with Gasteiger partial charge in [-0.3, -0.25) is 4.79 Å². The fourth-order valence-electron chi connectivity index (χ4n) is 3.70. The van der Waals surface area contributed by atoms with Gasteiger partial charge in [-0.2, -0.15) is 15.8 Å². The van der Waals surface area contributed by atoms with Crippen LogP contribution in [-0.2, 0) is 20.9 Å². The molecule has 0 saturated heterocycles. The van der Waals surface area contributed by atoms with Crippen molar-refractivity contribution in [2.45, 2.75) is 32.5 Å². The molecule has 1 aliphatic heterocycles. The Bertz CT molecular complexity index is 1320. The van der Waals surface area contributed by atoms with E-state index in [1.165, 1.54) is 0 Å². The van der Waals surface area contributed by atoms with Crippen molar-refractivity contribution >= 4 is 17.7 Å². The van der Waals surface area contributed by atoms with E-state index in [4.69, 9.17) is 9.47 Å². The summed E-state index contributed by atoms with van der Waals surface area (Å²) in [7, 11) is 1.91. The maximum Gasteiger partial charge on any atom is 0.307 e. The first-order valence-corrected chi connectivity index (χ1v) is 11.4. The number of benzene rings is 2. The number of carbonyl (C=O) groups excluding carboxylic acids is 1. The first kappa shape index (κ1) is 25.8. The second kappa shape index (κ2) is 11.6. The van der Waals surface area contributed by atoms with Gasteiger partial charge in [0.1, 0.15) is 36.0 Å². The van der Waals surface area contributed by atoms with Crippen LogP contribution in [0.1, 0.15) is 31.4 Å². The van der Waals surface area contributed by atoms with Gasteiger partial charge in [0.2, 0.25) is 0 Å². The lowest BCUT2D eigenvalue weighted by Crippen LogP contribution is -2.21. The second-order valence-electron chi connectivity index (χ2n) is 8.68. The first-order chi connectivity index (χ1) is 17.3. The monoisotopic (exact) mass is 478 g/mol. The summed E-state index contributed by atoms with van der Waals surface area (Å²) in [5, 5.41) is 28.0. The van der Waals surface area contributed by atoms with Crippen LogP contribution in [0.15, 0.2) is 83.2 Å². The van der Waals surface area contributed by atoms with Crippen molar-refractivity contribution in [3.8, 4) is 18.2 Å². The van der Waals surface area contributed by atoms with Crippen molar-refractivity contribution < 1.29 is 14.3 Å². The summed E-state index contributed by atoms with van der Waals surface area (Å²) < 4.78 is 11.1. The molecule has 2 aromatic carbocycles. The highest BCUT2D eigenvalue weighted by molar-refractivity contribution is 5.70. The third-order valence-corrected chi connectivity index (χ3v) is 5.74. The van der Waals surface area contributed by atoms with E-state index >= 15 is 0 Å². The molecule has 0 unspecified atom stereocenters. The Morgan fingerprint density at radius 3 is 2.31 bits per heavy atom. The van der Waals surface area contributed by atoms with Crippen LogP contribution in [0.3, 0.4) is 0 Å². The molecule has 0 radical (unpaired) electrons. The van der Waals surface area contributed by atoms with Crippen molar-refractivity contribution in [3.05, 3.63) is 94.3 Å². The van der Waals surface area contributed by atoms with Gasteiger partial charge in [-0.1, -0.05) is 54.6 Å². The predicted molar refractivity (Wildman–Crippen MR) is 136 cm³/mol. The van der Waals surface area contributed by atoms with E-state index in [0.29, 0.717) is 12.1 Å². The summed E-state index contributed by atoms with van der Waals surface area (Å²) in [6.07, 6.45) is 3.90. The third kappa shape index (κ3) is 6.20. The van der Waals surface area contributed by atoms with Gasteiger partial charge in [-0.05, 0) is 37.1 Å². The normalized spacial score (nSPS) is 13.9. The summed E-state index contributed by atoms with van der Waals surface area (Å²) in [6, 6.07) is 23.0. The van der Waals surface area contributed by atoms with Gasteiger partial charge in [0.05, 0.1) is 6.42 Å². The SMILES string of the molecule is CN(CCC(=O)OCc1ccccc1)c1ccc(/C=C/C2=C(C#N)C(=C(C#N)C#N)OC2(C)C)cc1. The van der Waals surface area contributed by atoms with Crippen LogP contribution in [-0.4, -0.2) is 25.2 Å². The minimum Gasteiger partial charge on any atom is -0.480 e. The van der Waals surface area contributed by atoms with Crippen LogP contribution >= 0.6 is 0 Å². The van der Waals surface area contributed by atoms with Crippen LogP contribution in [0.4, 0.5) is 5.69 Å². The number of anilines is 1. The van der Waals surface area contributed by atoms with E-state index < -0.39 is 5.60 Å². The number of carbonyl (C=O) groups is 1. The number of allylic oxidation sites excluding steroid dienone is 2. The molecule has 0 aliphatic carbocycles. The van der Waals surface area contributed by atoms with Crippen LogP contribution in [0.2, 0.25) is 0 Å². The lowest BCUT2D eigenvalue weighted by Gasteiger charge is -2.20. The molecular formula is C29H26N4O3. The van der Waals surface area contributed by atoms with Gasteiger partial charge >= 0.3 is 5.97 Å². The van der Waals surface area contributed by atoms with Gasteiger partial charge in [-0.25, -0.2) is 0 Å². The molecule has 180 valence electrons. The largest absolute Gasteiger partial charge is 0.480 e. The van der Waals surface area contributed by atoms with E-state index in [1.54, 1.807) is 32.1 Å². The Morgan fingerprint density at radius 2 is 1.69 bits per heavy atom. The number of nitrogens with zero attached hydrogens (tertiary/aromatic N) is 4. The minimum absolute atomic E-state index is 0.0198. The average molecular weight is 479 g/mol. The van der Waals surface area contributed by atoms with Crippen LogP contribution in [0.5, 0.6) is 0 Å². The molecule has 0 spiro atoms. The predicted octanol–water partition coefficient (Wildman–Crippen LogP) is 5.20. The summed E-state index contributed by atoms with van der Waals surface area (Å²) >= 11 is 0. The molecule has 36 heavy (non-hydrogen) atoms. The van der Waals surface area contributed by atoms with Gasteiger partial charge in [-0.15, -0.1) is 0 Å². The molecule has 0 amide bonds. The lowest BCUT2D eigenvalue weighted by atomic mass is 9.94. The maximum absolute atomic E-state index is 12.1. The molecule has 7 heteroatoms. The minimum atomic E-state index is -0.856. The molecule has 0 saturated carbocycles. The smallest absolute Gasteiger partial charge is 0.307 e. The summed E-state index contributed by atoms with van der Waals surface area (Å²) in [6.45, 7) is 4.35. The number of hydrogen-bond donors (Lipinski definition) is 0. The van der Waals surface area contributed by atoms with Crippen LogP contribution in [0.25, 0.3) is 6.08 Å². The molecule has 0 fully saturated rings. The summed E-state index contributed by atoms with van der Waals surface area (Å²) in [5.41, 5.74) is 2.50. The quantitative estimate of drug-likeness (QED) is 0.379. The number of nitriles is 3. The molecular weight excluding hydrogens is 452 g/mol. The lowest BCUT2D eigenvalue weighted by molar-refractivity contribution is -0.144. The van der Waals surface area contributed by atoms with Crippen LogP contribution < -0.4 is 4.90 Å². The zero-order valence-electron chi connectivity index (χ0n) is 20.5. The van der Waals surface area contributed by atoms with Crippen molar-refractivity contribution in [1.29, 1.82) is 15.8 Å². The van der Waals surface area contributed by atoms with Crippen molar-refractivity contribution in [2.75, 3.05) is 18.5 Å². The Balaban J connectivity index is 1.63. The zero-order valence-corrected chi connectivity index (χ0v) is 20.5. The van der Waals surface area contributed by atoms with E-state index in [2.05, 4.69) is 6.07 Å². The molecule has 0 atom stereocenters. The van der Waals surface area contributed by atoms with Crippen molar-refractivity contribution in [2.24, 2.45) is 0 Å². The van der Waals surface area contributed by atoms with E-state index in [1.807, 2.05) is 72.6 Å². The average Bonchev–Trinajstić information content (AvgIpc) is 3.15. The Morgan fingerprint density at radius 1 is 1.03 bits per heavy atom. The van der Waals surface area contributed by atoms with Crippen molar-refractivity contribution in [3.63, 3.8) is 0 Å². The molecule has 7 nitrogen and oxygen atoms in total. The molecule has 1 heterocycles. The van der Waals surface area contributed by atoms with Crippen LogP contribution in [0, 0.1) is 34.0 Å². The number of rotatable bonds is 8. The second-order valence-corrected chi connectivity index (χ2v) is 8.68. The molecule has 3 rings (SSSR count). The fourth-order valence-corrected chi connectivity index (χ4v) is 3.70. The molecule has 2 aromatic rings. The third-order valence-electron chi connectivity index (χ3n) is 5.74. The molecule has 0 aromatic heterocycles. The van der Waals surface area contributed by atoms with Crippen molar-refractivity contribution in [1.82, 2.24) is 0 Å². The van der Waals surface area contributed by atoms with E-state index in [0.717, 1.165) is 16.8 Å². The zero-order chi connectivity index (χ0) is 26.1. The topological polar surface area (TPSA) is 110 Å². The standard InChI is InChI=1S/C29H26N4O3/c1-29(2)26(25(19-32)28(36-29)23(17-30)18-31)14-11-21-9-12-24(13-10-21)33(3)16-15-27(34)35-20-22-7-5-4-6-8-22/h4-14H,15-16,20H2,1-3H3/b14-11+. The molecule has 1 aliphatic rings. The Kier molecular flexibility index (Phi) is 8.29. The summed E-state index contributed by atoms with van der Waals surface area (Å²) in [5.74, 6) is -0.232. The summed E-state index contributed by atoms with van der Waals surface area (Å²) in [4.78, 5) is 14.1. The number of esters is 1. The fraction of sp³-hybridized carbons (Fsp3) is 0.241. The number of ether oxygens (including phenoxy) is 2. The number of hydrogen-bond acceptors (Lipinski definition) is 7.